The van der Waals surface area contributed by atoms with Gasteiger partial charge in [0.25, 0.3) is 0 Å². The van der Waals surface area contributed by atoms with Crippen LogP contribution < -0.4 is 5.32 Å². The number of thiazole rings is 1. The average Bonchev–Trinajstić information content (AvgIpc) is 3.12. The first-order chi connectivity index (χ1) is 13.6. The molecule has 1 heterocycles. The van der Waals surface area contributed by atoms with Crippen molar-refractivity contribution in [1.29, 1.82) is 0 Å². The number of aryl methyl sites for hydroxylation is 1. The van der Waals surface area contributed by atoms with Gasteiger partial charge in [0.05, 0.1) is 30.5 Å². The van der Waals surface area contributed by atoms with Crippen molar-refractivity contribution in [1.82, 2.24) is 15.2 Å². The monoisotopic (exact) mass is 395 g/mol. The summed E-state index contributed by atoms with van der Waals surface area (Å²) in [6.45, 7) is 4.07. The Morgan fingerprint density at radius 1 is 1.07 bits per heavy atom. The Morgan fingerprint density at radius 3 is 2.54 bits per heavy atom. The van der Waals surface area contributed by atoms with Gasteiger partial charge >= 0.3 is 6.03 Å². The number of benzene rings is 2. The van der Waals surface area contributed by atoms with Gasteiger partial charge in [-0.1, -0.05) is 54.6 Å². The number of carbonyl (C=O) groups excluding carboxylic acids is 1. The second kappa shape index (κ2) is 10.0. The van der Waals surface area contributed by atoms with Crippen LogP contribution in [0.25, 0.3) is 0 Å². The molecule has 1 aromatic heterocycles. The summed E-state index contributed by atoms with van der Waals surface area (Å²) in [7, 11) is 1.78. The summed E-state index contributed by atoms with van der Waals surface area (Å²) >= 11 is 1.59. The van der Waals surface area contributed by atoms with Crippen molar-refractivity contribution in [2.75, 3.05) is 7.05 Å². The largest absolute Gasteiger partial charge is 0.372 e. The first-order valence-electron chi connectivity index (χ1n) is 9.19. The maximum atomic E-state index is 12.3. The van der Waals surface area contributed by atoms with E-state index in [9.17, 15) is 4.79 Å². The minimum Gasteiger partial charge on any atom is -0.372 e. The van der Waals surface area contributed by atoms with Crippen molar-refractivity contribution in [3.63, 3.8) is 0 Å². The number of urea groups is 1. The number of carbonyl (C=O) groups is 1. The van der Waals surface area contributed by atoms with E-state index in [4.69, 9.17) is 4.74 Å². The average molecular weight is 396 g/mol. The predicted octanol–water partition coefficient (Wildman–Crippen LogP) is 4.51. The molecular formula is C22H25N3O2S. The summed E-state index contributed by atoms with van der Waals surface area (Å²) in [4.78, 5) is 18.3. The van der Waals surface area contributed by atoms with Gasteiger partial charge in [0.1, 0.15) is 0 Å². The number of nitrogens with zero attached hydrogens (tertiary/aromatic N) is 2. The lowest BCUT2D eigenvalue weighted by Gasteiger charge is -2.17. The third kappa shape index (κ3) is 6.18. The predicted molar refractivity (Wildman–Crippen MR) is 112 cm³/mol. The second-order valence-electron chi connectivity index (χ2n) is 6.67. The van der Waals surface area contributed by atoms with Gasteiger partial charge in [0.15, 0.2) is 0 Å². The molecule has 0 bridgehead atoms. The quantitative estimate of drug-likeness (QED) is 0.611. The minimum atomic E-state index is -0.114. The van der Waals surface area contributed by atoms with E-state index >= 15 is 0 Å². The van der Waals surface area contributed by atoms with E-state index in [1.54, 1.807) is 23.3 Å². The highest BCUT2D eigenvalue weighted by Gasteiger charge is 2.10. The van der Waals surface area contributed by atoms with Crippen LogP contribution in [0.15, 0.2) is 60.0 Å². The lowest BCUT2D eigenvalue weighted by Crippen LogP contribution is -2.36. The van der Waals surface area contributed by atoms with Gasteiger partial charge in [0, 0.05) is 19.0 Å². The molecule has 0 unspecified atom stereocenters. The molecule has 0 saturated carbocycles. The van der Waals surface area contributed by atoms with E-state index in [1.165, 1.54) is 0 Å². The Labute approximate surface area is 170 Å². The van der Waals surface area contributed by atoms with Crippen LogP contribution in [0.3, 0.4) is 0 Å². The van der Waals surface area contributed by atoms with Crippen LogP contribution in [0.2, 0.25) is 0 Å². The SMILES string of the molecule is Cc1nc(CN(C)C(=O)NCc2cccc(COCc3ccccc3)c2)cs1. The molecule has 0 aliphatic carbocycles. The first-order valence-corrected chi connectivity index (χ1v) is 10.1. The number of hydrogen-bond acceptors (Lipinski definition) is 4. The van der Waals surface area contributed by atoms with Gasteiger partial charge in [-0.3, -0.25) is 0 Å². The molecule has 0 aliphatic rings. The molecule has 3 aromatic rings. The highest BCUT2D eigenvalue weighted by molar-refractivity contribution is 7.09. The van der Waals surface area contributed by atoms with Crippen LogP contribution >= 0.6 is 11.3 Å². The van der Waals surface area contributed by atoms with Gasteiger partial charge in [-0.05, 0) is 23.6 Å². The molecular weight excluding hydrogens is 370 g/mol. The van der Waals surface area contributed by atoms with Crippen molar-refractivity contribution in [3.05, 3.63) is 87.4 Å². The zero-order chi connectivity index (χ0) is 19.8. The summed E-state index contributed by atoms with van der Waals surface area (Å²) in [5, 5.41) is 5.95. The smallest absolute Gasteiger partial charge is 0.317 e. The molecule has 2 aromatic carbocycles. The summed E-state index contributed by atoms with van der Waals surface area (Å²) in [5.41, 5.74) is 4.21. The number of amides is 2. The third-order valence-corrected chi connectivity index (χ3v) is 5.05. The fourth-order valence-corrected chi connectivity index (χ4v) is 3.40. The zero-order valence-corrected chi connectivity index (χ0v) is 17.0. The maximum absolute atomic E-state index is 12.3. The summed E-state index contributed by atoms with van der Waals surface area (Å²) < 4.78 is 5.79. The normalized spacial score (nSPS) is 10.6. The highest BCUT2D eigenvalue weighted by atomic mass is 32.1. The Kier molecular flexibility index (Phi) is 7.17. The molecule has 0 atom stereocenters. The van der Waals surface area contributed by atoms with Crippen LogP contribution in [-0.4, -0.2) is 23.0 Å². The molecule has 0 fully saturated rings. The molecule has 5 nitrogen and oxygen atoms in total. The van der Waals surface area contributed by atoms with Crippen LogP contribution in [0.1, 0.15) is 27.4 Å². The lowest BCUT2D eigenvalue weighted by atomic mass is 10.1. The summed E-state index contributed by atoms with van der Waals surface area (Å²) in [6.07, 6.45) is 0. The summed E-state index contributed by atoms with van der Waals surface area (Å²) in [5.74, 6) is 0. The molecule has 0 radical (unpaired) electrons. The van der Waals surface area contributed by atoms with Gasteiger partial charge < -0.3 is 15.0 Å². The number of nitrogens with one attached hydrogen (secondary N) is 1. The fourth-order valence-electron chi connectivity index (χ4n) is 2.80. The third-order valence-electron chi connectivity index (χ3n) is 4.23. The van der Waals surface area contributed by atoms with E-state index in [0.717, 1.165) is 27.4 Å². The van der Waals surface area contributed by atoms with Crippen molar-refractivity contribution in [2.45, 2.75) is 33.2 Å². The number of rotatable bonds is 8. The Morgan fingerprint density at radius 2 is 1.79 bits per heavy atom. The molecule has 1 N–H and O–H groups in total. The van der Waals surface area contributed by atoms with E-state index in [2.05, 4.69) is 28.5 Å². The fraction of sp³-hybridized carbons (Fsp3) is 0.273. The minimum absolute atomic E-state index is 0.114. The maximum Gasteiger partial charge on any atom is 0.317 e. The Bertz CT molecular complexity index is 896. The standard InChI is InChI=1S/C22H25N3O2S/c1-17-24-21(16-28-17)13-25(2)22(26)23-12-19-9-6-10-20(11-19)15-27-14-18-7-4-3-5-8-18/h3-11,16H,12-15H2,1-2H3,(H,23,26). The highest BCUT2D eigenvalue weighted by Crippen LogP contribution is 2.11. The molecule has 146 valence electrons. The zero-order valence-electron chi connectivity index (χ0n) is 16.2. The van der Waals surface area contributed by atoms with Gasteiger partial charge in [-0.15, -0.1) is 11.3 Å². The topological polar surface area (TPSA) is 54.5 Å². The van der Waals surface area contributed by atoms with Crippen LogP contribution in [0.5, 0.6) is 0 Å². The van der Waals surface area contributed by atoms with E-state index in [-0.39, 0.29) is 6.03 Å². The number of ether oxygens (including phenoxy) is 1. The van der Waals surface area contributed by atoms with Crippen molar-refractivity contribution < 1.29 is 9.53 Å². The molecule has 0 spiro atoms. The second-order valence-corrected chi connectivity index (χ2v) is 7.73. The molecule has 6 heteroatoms. The molecule has 0 aliphatic heterocycles. The Balaban J connectivity index is 1.45. The van der Waals surface area contributed by atoms with Crippen LogP contribution in [-0.2, 0) is 31.0 Å². The summed E-state index contributed by atoms with van der Waals surface area (Å²) in [6, 6.07) is 18.1. The van der Waals surface area contributed by atoms with Crippen LogP contribution in [0, 0.1) is 6.92 Å². The van der Waals surface area contributed by atoms with E-state index < -0.39 is 0 Å². The lowest BCUT2D eigenvalue weighted by molar-refractivity contribution is 0.107. The van der Waals surface area contributed by atoms with Gasteiger partial charge in [-0.2, -0.15) is 0 Å². The number of hydrogen-bond donors (Lipinski definition) is 1. The van der Waals surface area contributed by atoms with Gasteiger partial charge in [0.2, 0.25) is 0 Å². The first kappa shape index (κ1) is 20.0. The van der Waals surface area contributed by atoms with E-state index in [1.807, 2.05) is 48.7 Å². The molecule has 28 heavy (non-hydrogen) atoms. The van der Waals surface area contributed by atoms with Crippen molar-refractivity contribution >= 4 is 17.4 Å². The van der Waals surface area contributed by atoms with Crippen molar-refractivity contribution in [2.24, 2.45) is 0 Å². The number of aromatic nitrogens is 1. The molecule has 0 saturated heterocycles. The molecule has 2 amide bonds. The Hall–Kier alpha value is -2.70. The van der Waals surface area contributed by atoms with Crippen molar-refractivity contribution in [3.8, 4) is 0 Å². The van der Waals surface area contributed by atoms with Gasteiger partial charge in [-0.25, -0.2) is 9.78 Å². The molecule has 3 rings (SSSR count). The van der Waals surface area contributed by atoms with E-state index in [0.29, 0.717) is 26.3 Å². The van der Waals surface area contributed by atoms with Crippen LogP contribution in [0.4, 0.5) is 4.79 Å².